The predicted molar refractivity (Wildman–Crippen MR) is 81.3 cm³/mol. The van der Waals surface area contributed by atoms with Gasteiger partial charge < -0.3 is 23.5 Å². The molecule has 1 aliphatic rings. The maximum Gasteiger partial charge on any atom is 0.304 e. The molecule has 0 aromatic rings. The first-order valence-corrected chi connectivity index (χ1v) is 9.32. The van der Waals surface area contributed by atoms with Crippen LogP contribution in [0.1, 0.15) is 34.6 Å². The van der Waals surface area contributed by atoms with Crippen LogP contribution < -0.4 is 0 Å². The lowest BCUT2D eigenvalue weighted by molar-refractivity contribution is -0.207. The van der Waals surface area contributed by atoms with Crippen molar-refractivity contribution in [3.63, 3.8) is 0 Å². The number of hydrogen-bond donors (Lipinski definition) is 0. The largest absolute Gasteiger partial charge is 0.463 e. The van der Waals surface area contributed by atoms with Gasteiger partial charge in [-0.2, -0.15) is 0 Å². The van der Waals surface area contributed by atoms with Gasteiger partial charge in [0, 0.05) is 20.8 Å². The molecular formula is C14H23O9P. The Morgan fingerprint density at radius 2 is 1.67 bits per heavy atom. The zero-order valence-corrected chi connectivity index (χ0v) is 15.2. The van der Waals surface area contributed by atoms with Crippen molar-refractivity contribution in [1.82, 2.24) is 0 Å². The van der Waals surface area contributed by atoms with Gasteiger partial charge in [0.25, 0.3) is 7.37 Å². The smallest absolute Gasteiger partial charge is 0.304 e. The highest BCUT2D eigenvalue weighted by Crippen LogP contribution is 2.58. The van der Waals surface area contributed by atoms with Crippen LogP contribution in [0.3, 0.4) is 0 Å². The third-order valence-corrected chi connectivity index (χ3v) is 5.66. The topological polar surface area (TPSA) is 114 Å². The van der Waals surface area contributed by atoms with Gasteiger partial charge >= 0.3 is 17.9 Å². The third-order valence-electron chi connectivity index (χ3n) is 2.86. The molecule has 0 aromatic carbocycles. The lowest BCUT2D eigenvalue weighted by Crippen LogP contribution is -2.48. The Morgan fingerprint density at radius 3 is 2.12 bits per heavy atom. The molecule has 1 rings (SSSR count). The summed E-state index contributed by atoms with van der Waals surface area (Å²) in [7, 11) is -3.60. The Bertz CT molecular complexity index is 530. The van der Waals surface area contributed by atoms with E-state index in [0.717, 1.165) is 6.92 Å². The Labute approximate surface area is 140 Å². The Hall–Kier alpha value is -1.44. The summed E-state index contributed by atoms with van der Waals surface area (Å²) in [6, 6.07) is 0. The summed E-state index contributed by atoms with van der Waals surface area (Å²) < 4.78 is 39.2. The van der Waals surface area contributed by atoms with E-state index in [1.165, 1.54) is 13.8 Å². The SMILES string of the molecule is CC(=O)OC[C@H]1O[C@@H](OC(C)=O)CP(=O)(OC(C)C)[C@@H]1OC(C)=O. The first-order valence-electron chi connectivity index (χ1n) is 7.44. The average molecular weight is 366 g/mol. The Kier molecular flexibility index (Phi) is 7.38. The van der Waals surface area contributed by atoms with Crippen molar-refractivity contribution in [3.05, 3.63) is 0 Å². The second kappa shape index (κ2) is 8.60. The molecule has 9 nitrogen and oxygen atoms in total. The molecule has 138 valence electrons. The summed E-state index contributed by atoms with van der Waals surface area (Å²) >= 11 is 0. The number of esters is 3. The number of ether oxygens (including phenoxy) is 4. The molecule has 0 saturated carbocycles. The molecule has 0 bridgehead atoms. The molecule has 24 heavy (non-hydrogen) atoms. The molecule has 4 atom stereocenters. The van der Waals surface area contributed by atoms with E-state index in [1.54, 1.807) is 13.8 Å². The molecule has 1 unspecified atom stereocenters. The van der Waals surface area contributed by atoms with Crippen LogP contribution >= 0.6 is 7.37 Å². The summed E-state index contributed by atoms with van der Waals surface area (Å²) in [5, 5.41) is 0. The highest BCUT2D eigenvalue weighted by Gasteiger charge is 2.52. The van der Waals surface area contributed by atoms with Crippen LogP contribution in [0.4, 0.5) is 0 Å². The van der Waals surface area contributed by atoms with Gasteiger partial charge in [-0.1, -0.05) is 0 Å². The second-order valence-corrected chi connectivity index (χ2v) is 8.12. The zero-order valence-electron chi connectivity index (χ0n) is 14.3. The van der Waals surface area contributed by atoms with Gasteiger partial charge in [-0.15, -0.1) is 0 Å². The number of carbonyl (C=O) groups excluding carboxylic acids is 3. The average Bonchev–Trinajstić information content (AvgIpc) is 2.37. The molecule has 10 heteroatoms. The third kappa shape index (κ3) is 6.22. The molecule has 1 aliphatic heterocycles. The minimum absolute atomic E-state index is 0.265. The standard InChI is InChI=1S/C14H23O9P/c1-8(2)23-24(18)7-13(20-10(4)16)22-12(6-19-9(3)15)14(24)21-11(5)17/h8,12-14H,6-7H2,1-5H3/t12-,13-,14+,24?/m1/s1. The van der Waals surface area contributed by atoms with E-state index in [0.29, 0.717) is 0 Å². The van der Waals surface area contributed by atoms with E-state index >= 15 is 0 Å². The van der Waals surface area contributed by atoms with Crippen molar-refractivity contribution < 1.29 is 42.4 Å². The highest BCUT2D eigenvalue weighted by molar-refractivity contribution is 7.59. The molecule has 0 radical (unpaired) electrons. The van der Waals surface area contributed by atoms with Gasteiger partial charge in [-0.05, 0) is 13.8 Å². The number of hydrogen-bond acceptors (Lipinski definition) is 9. The van der Waals surface area contributed by atoms with Gasteiger partial charge in [0.15, 0.2) is 0 Å². The minimum atomic E-state index is -3.60. The molecule has 1 saturated heterocycles. The van der Waals surface area contributed by atoms with Crippen molar-refractivity contribution in [2.45, 2.75) is 59.0 Å². The Balaban J connectivity index is 3.11. The van der Waals surface area contributed by atoms with Gasteiger partial charge in [0.05, 0.1) is 12.3 Å². The van der Waals surface area contributed by atoms with Crippen molar-refractivity contribution >= 4 is 25.3 Å². The first-order chi connectivity index (χ1) is 11.0. The lowest BCUT2D eigenvalue weighted by Gasteiger charge is -2.40. The van der Waals surface area contributed by atoms with Crippen LogP contribution in [-0.2, 0) is 42.4 Å². The fourth-order valence-electron chi connectivity index (χ4n) is 2.23. The van der Waals surface area contributed by atoms with Crippen LogP contribution in [0.5, 0.6) is 0 Å². The molecular weight excluding hydrogens is 343 g/mol. The summed E-state index contributed by atoms with van der Waals surface area (Å²) in [6.45, 7) is 6.54. The highest BCUT2D eigenvalue weighted by atomic mass is 31.2. The van der Waals surface area contributed by atoms with Crippen LogP contribution in [0.25, 0.3) is 0 Å². The van der Waals surface area contributed by atoms with Crippen LogP contribution in [0.2, 0.25) is 0 Å². The maximum atomic E-state index is 13.2. The van der Waals surface area contributed by atoms with Gasteiger partial charge in [0.1, 0.15) is 12.7 Å². The van der Waals surface area contributed by atoms with E-state index in [4.69, 9.17) is 23.5 Å². The summed E-state index contributed by atoms with van der Waals surface area (Å²) in [5.41, 5.74) is 0. The first kappa shape index (κ1) is 20.6. The summed E-state index contributed by atoms with van der Waals surface area (Å²) in [6.07, 6.45) is -2.93. The van der Waals surface area contributed by atoms with E-state index in [2.05, 4.69) is 0 Å². The lowest BCUT2D eigenvalue weighted by atomic mass is 10.4. The van der Waals surface area contributed by atoms with Crippen LogP contribution in [0.15, 0.2) is 0 Å². The zero-order chi connectivity index (χ0) is 18.5. The second-order valence-electron chi connectivity index (χ2n) is 5.58. The van der Waals surface area contributed by atoms with E-state index in [-0.39, 0.29) is 12.8 Å². The van der Waals surface area contributed by atoms with E-state index < -0.39 is 49.6 Å². The minimum Gasteiger partial charge on any atom is -0.463 e. The van der Waals surface area contributed by atoms with Crippen LogP contribution in [0, 0.1) is 0 Å². The predicted octanol–water partition coefficient (Wildman–Crippen LogP) is 1.43. The summed E-state index contributed by atoms with van der Waals surface area (Å²) in [5.74, 6) is -3.17. The normalized spacial score (nSPS) is 29.8. The van der Waals surface area contributed by atoms with Crippen molar-refractivity contribution in [1.29, 1.82) is 0 Å². The van der Waals surface area contributed by atoms with E-state index in [1.807, 2.05) is 0 Å². The number of carbonyl (C=O) groups is 3. The monoisotopic (exact) mass is 366 g/mol. The molecule has 1 heterocycles. The molecule has 0 amide bonds. The molecule has 0 aliphatic carbocycles. The van der Waals surface area contributed by atoms with Gasteiger partial charge in [0.2, 0.25) is 12.1 Å². The summed E-state index contributed by atoms with van der Waals surface area (Å²) in [4.78, 5) is 33.6. The van der Waals surface area contributed by atoms with Crippen LogP contribution in [-0.4, -0.2) is 55.0 Å². The molecule has 0 spiro atoms. The number of rotatable bonds is 6. The van der Waals surface area contributed by atoms with E-state index in [9.17, 15) is 18.9 Å². The van der Waals surface area contributed by atoms with Gasteiger partial charge in [-0.25, -0.2) is 0 Å². The fraction of sp³-hybridized carbons (Fsp3) is 0.786. The molecule has 0 N–H and O–H groups in total. The maximum absolute atomic E-state index is 13.2. The van der Waals surface area contributed by atoms with Crippen molar-refractivity contribution in [2.75, 3.05) is 12.8 Å². The van der Waals surface area contributed by atoms with Crippen molar-refractivity contribution in [2.24, 2.45) is 0 Å². The Morgan fingerprint density at radius 1 is 1.08 bits per heavy atom. The molecule has 1 fully saturated rings. The fourth-order valence-corrected chi connectivity index (χ4v) is 4.90. The quantitative estimate of drug-likeness (QED) is 0.391. The van der Waals surface area contributed by atoms with Crippen molar-refractivity contribution in [3.8, 4) is 0 Å². The van der Waals surface area contributed by atoms with Gasteiger partial charge in [-0.3, -0.25) is 18.9 Å². The molecule has 0 aromatic heterocycles.